The van der Waals surface area contributed by atoms with Crippen molar-refractivity contribution in [2.24, 2.45) is 5.92 Å². The summed E-state index contributed by atoms with van der Waals surface area (Å²) in [7, 11) is 0. The number of halogens is 1. The van der Waals surface area contributed by atoms with E-state index in [1.54, 1.807) is 19.1 Å². The second-order valence-corrected chi connectivity index (χ2v) is 5.55. The fourth-order valence-corrected chi connectivity index (χ4v) is 1.69. The van der Waals surface area contributed by atoms with Gasteiger partial charge in [0.05, 0.1) is 0 Å². The summed E-state index contributed by atoms with van der Waals surface area (Å²) in [5, 5.41) is 3.57. The molecule has 0 heterocycles. The first kappa shape index (κ1) is 15.8. The summed E-state index contributed by atoms with van der Waals surface area (Å²) in [6, 6.07) is 5.38. The monoisotopic (exact) mass is 283 g/mol. The summed E-state index contributed by atoms with van der Waals surface area (Å²) >= 11 is 5.94. The van der Waals surface area contributed by atoms with E-state index >= 15 is 0 Å². The molecule has 0 spiro atoms. The summed E-state index contributed by atoms with van der Waals surface area (Å²) in [4.78, 5) is 11.8. The van der Waals surface area contributed by atoms with Crippen molar-refractivity contribution in [3.05, 3.63) is 28.8 Å². The van der Waals surface area contributed by atoms with E-state index in [9.17, 15) is 4.79 Å². The Morgan fingerprint density at radius 2 is 2.05 bits per heavy atom. The van der Waals surface area contributed by atoms with Crippen LogP contribution in [0.4, 0.5) is 0 Å². The second-order valence-electron chi connectivity index (χ2n) is 5.14. The van der Waals surface area contributed by atoms with Crippen molar-refractivity contribution in [1.82, 2.24) is 5.32 Å². The molecule has 1 rings (SSSR count). The number of rotatable bonds is 6. The maximum absolute atomic E-state index is 11.8. The molecule has 3 nitrogen and oxygen atoms in total. The van der Waals surface area contributed by atoms with Gasteiger partial charge in [-0.15, -0.1) is 0 Å². The minimum absolute atomic E-state index is 0.0896. The number of hydrogen-bond acceptors (Lipinski definition) is 2. The van der Waals surface area contributed by atoms with Crippen LogP contribution in [0.5, 0.6) is 5.75 Å². The van der Waals surface area contributed by atoms with E-state index in [1.807, 2.05) is 13.0 Å². The molecule has 0 saturated heterocycles. The molecule has 0 bridgehead atoms. The molecule has 1 amide bonds. The summed E-state index contributed by atoms with van der Waals surface area (Å²) in [6.45, 7) is 8.59. The van der Waals surface area contributed by atoms with Gasteiger partial charge in [-0.3, -0.25) is 4.79 Å². The predicted octanol–water partition coefficient (Wildman–Crippen LogP) is 3.58. The highest BCUT2D eigenvalue weighted by Gasteiger charge is 2.14. The van der Waals surface area contributed by atoms with E-state index in [0.717, 1.165) is 12.0 Å². The molecular formula is C15H22ClNO2. The van der Waals surface area contributed by atoms with Gasteiger partial charge in [0.15, 0.2) is 6.10 Å². The predicted molar refractivity (Wildman–Crippen MR) is 78.7 cm³/mol. The topological polar surface area (TPSA) is 38.3 Å². The number of hydrogen-bond donors (Lipinski definition) is 1. The van der Waals surface area contributed by atoms with Crippen LogP contribution in [0, 0.1) is 12.8 Å². The van der Waals surface area contributed by atoms with Crippen LogP contribution < -0.4 is 10.1 Å². The maximum Gasteiger partial charge on any atom is 0.260 e. The van der Waals surface area contributed by atoms with E-state index in [4.69, 9.17) is 16.3 Å². The van der Waals surface area contributed by atoms with Gasteiger partial charge in [-0.1, -0.05) is 25.4 Å². The first-order chi connectivity index (χ1) is 8.90. The van der Waals surface area contributed by atoms with Gasteiger partial charge in [0, 0.05) is 11.6 Å². The Kier molecular flexibility index (Phi) is 6.16. The lowest BCUT2D eigenvalue weighted by Crippen LogP contribution is -2.37. The Hall–Kier alpha value is -1.22. The van der Waals surface area contributed by atoms with Crippen LogP contribution in [-0.4, -0.2) is 18.6 Å². The van der Waals surface area contributed by atoms with Crippen LogP contribution in [0.3, 0.4) is 0 Å². The summed E-state index contributed by atoms with van der Waals surface area (Å²) in [5.41, 5.74) is 0.937. The van der Waals surface area contributed by atoms with Gasteiger partial charge in [-0.25, -0.2) is 0 Å². The number of carbonyl (C=O) groups excluding carboxylic acids is 1. The number of nitrogens with one attached hydrogen (secondary N) is 1. The van der Waals surface area contributed by atoms with Gasteiger partial charge in [0.2, 0.25) is 0 Å². The van der Waals surface area contributed by atoms with E-state index in [1.165, 1.54) is 0 Å². The van der Waals surface area contributed by atoms with Crippen molar-refractivity contribution in [3.8, 4) is 5.75 Å². The van der Waals surface area contributed by atoms with Crippen LogP contribution >= 0.6 is 11.6 Å². The third-order valence-electron chi connectivity index (χ3n) is 2.83. The lowest BCUT2D eigenvalue weighted by molar-refractivity contribution is -0.127. The molecular weight excluding hydrogens is 262 g/mol. The second kappa shape index (κ2) is 7.39. The molecule has 0 saturated carbocycles. The maximum atomic E-state index is 11.8. The van der Waals surface area contributed by atoms with Crippen molar-refractivity contribution in [2.75, 3.05) is 6.54 Å². The van der Waals surface area contributed by atoms with Gasteiger partial charge < -0.3 is 10.1 Å². The number of ether oxygens (including phenoxy) is 1. The molecule has 0 aliphatic rings. The minimum Gasteiger partial charge on any atom is -0.481 e. The summed E-state index contributed by atoms with van der Waals surface area (Å²) < 4.78 is 5.60. The molecule has 1 N–H and O–H groups in total. The highest BCUT2D eigenvalue weighted by atomic mass is 35.5. The van der Waals surface area contributed by atoms with Crippen LogP contribution in [0.1, 0.15) is 32.8 Å². The van der Waals surface area contributed by atoms with E-state index in [-0.39, 0.29) is 5.91 Å². The van der Waals surface area contributed by atoms with Gasteiger partial charge in [0.1, 0.15) is 5.75 Å². The molecule has 0 aliphatic carbocycles. The Labute approximate surface area is 120 Å². The molecule has 0 fully saturated rings. The standard InChI is InChI=1S/C15H22ClNO2/c1-10(2)7-8-17-15(18)12(4)19-13-5-6-14(16)11(3)9-13/h5-6,9-10,12H,7-8H2,1-4H3,(H,17,18). The molecule has 0 aliphatic heterocycles. The smallest absolute Gasteiger partial charge is 0.260 e. The van der Waals surface area contributed by atoms with Crippen molar-refractivity contribution in [1.29, 1.82) is 0 Å². The SMILES string of the molecule is Cc1cc(OC(C)C(=O)NCCC(C)C)ccc1Cl. The number of benzene rings is 1. The van der Waals surface area contributed by atoms with Crippen LogP contribution in [0.2, 0.25) is 5.02 Å². The molecule has 19 heavy (non-hydrogen) atoms. The third kappa shape index (κ3) is 5.52. The van der Waals surface area contributed by atoms with E-state index in [2.05, 4.69) is 19.2 Å². The molecule has 106 valence electrons. The molecule has 1 aromatic rings. The van der Waals surface area contributed by atoms with Crippen molar-refractivity contribution < 1.29 is 9.53 Å². The van der Waals surface area contributed by atoms with Crippen LogP contribution in [-0.2, 0) is 4.79 Å². The van der Waals surface area contributed by atoms with Crippen molar-refractivity contribution in [2.45, 2.75) is 40.2 Å². The average Bonchev–Trinajstić information content (AvgIpc) is 2.33. The number of amides is 1. The molecule has 4 heteroatoms. The molecule has 0 radical (unpaired) electrons. The average molecular weight is 284 g/mol. The Bertz CT molecular complexity index is 432. The lowest BCUT2D eigenvalue weighted by atomic mass is 10.1. The molecule has 0 aromatic heterocycles. The summed E-state index contributed by atoms with van der Waals surface area (Å²) in [6.07, 6.45) is 0.464. The van der Waals surface area contributed by atoms with Crippen molar-refractivity contribution in [3.63, 3.8) is 0 Å². The summed E-state index contributed by atoms with van der Waals surface area (Å²) in [5.74, 6) is 1.15. The Morgan fingerprint density at radius 3 is 2.63 bits per heavy atom. The zero-order valence-electron chi connectivity index (χ0n) is 12.0. The quantitative estimate of drug-likeness (QED) is 0.867. The van der Waals surface area contributed by atoms with Gasteiger partial charge >= 0.3 is 0 Å². The van der Waals surface area contributed by atoms with Gasteiger partial charge in [-0.2, -0.15) is 0 Å². The number of carbonyl (C=O) groups is 1. The highest BCUT2D eigenvalue weighted by Crippen LogP contribution is 2.21. The Morgan fingerprint density at radius 1 is 1.37 bits per heavy atom. The fraction of sp³-hybridized carbons (Fsp3) is 0.533. The van der Waals surface area contributed by atoms with Gasteiger partial charge in [-0.05, 0) is 49.9 Å². The fourth-order valence-electron chi connectivity index (χ4n) is 1.58. The third-order valence-corrected chi connectivity index (χ3v) is 3.26. The zero-order chi connectivity index (χ0) is 14.4. The largest absolute Gasteiger partial charge is 0.481 e. The first-order valence-corrected chi connectivity index (χ1v) is 6.98. The minimum atomic E-state index is -0.507. The first-order valence-electron chi connectivity index (χ1n) is 6.60. The van der Waals surface area contributed by atoms with E-state index in [0.29, 0.717) is 23.2 Å². The number of aryl methyl sites for hydroxylation is 1. The molecule has 1 unspecified atom stereocenters. The van der Waals surface area contributed by atoms with Crippen LogP contribution in [0.25, 0.3) is 0 Å². The Balaban J connectivity index is 2.47. The molecule has 1 aromatic carbocycles. The highest BCUT2D eigenvalue weighted by molar-refractivity contribution is 6.31. The lowest BCUT2D eigenvalue weighted by Gasteiger charge is -2.15. The van der Waals surface area contributed by atoms with E-state index < -0.39 is 6.10 Å². The van der Waals surface area contributed by atoms with Crippen molar-refractivity contribution >= 4 is 17.5 Å². The van der Waals surface area contributed by atoms with Gasteiger partial charge in [0.25, 0.3) is 5.91 Å². The normalized spacial score (nSPS) is 12.3. The molecule has 1 atom stereocenters. The zero-order valence-corrected chi connectivity index (χ0v) is 12.8. The van der Waals surface area contributed by atoms with Crippen LogP contribution in [0.15, 0.2) is 18.2 Å².